The molecular weight excluding hydrogens is 335 g/mol. The molecule has 1 aromatic rings. The molecule has 3 fully saturated rings. The minimum absolute atomic E-state index is 0.0439. The number of halogens is 1. The van der Waals surface area contributed by atoms with Gasteiger partial charge in [-0.05, 0) is 50.0 Å². The molecule has 0 radical (unpaired) electrons. The lowest BCUT2D eigenvalue weighted by Gasteiger charge is -2.42. The van der Waals surface area contributed by atoms with Crippen LogP contribution in [0, 0.1) is 5.82 Å². The van der Waals surface area contributed by atoms with Crippen molar-refractivity contribution in [2.75, 3.05) is 57.4 Å². The zero-order chi connectivity index (χ0) is 17.1. The van der Waals surface area contributed by atoms with Crippen LogP contribution in [-0.4, -0.2) is 73.3 Å². The summed E-state index contributed by atoms with van der Waals surface area (Å²) in [6, 6.07) is 7.88. The molecule has 3 aliphatic heterocycles. The van der Waals surface area contributed by atoms with Crippen LogP contribution in [0.5, 0.6) is 0 Å². The van der Waals surface area contributed by atoms with Crippen LogP contribution >= 0.6 is 11.8 Å². The van der Waals surface area contributed by atoms with E-state index < -0.39 is 0 Å². The molecule has 3 saturated heterocycles. The van der Waals surface area contributed by atoms with Crippen LogP contribution in [0.2, 0.25) is 0 Å². The van der Waals surface area contributed by atoms with Crippen molar-refractivity contribution in [3.05, 3.63) is 35.6 Å². The third-order valence-electron chi connectivity index (χ3n) is 6.21. The summed E-state index contributed by atoms with van der Waals surface area (Å²) in [5.41, 5.74) is 1.28. The van der Waals surface area contributed by atoms with E-state index in [9.17, 15) is 4.39 Å². The summed E-state index contributed by atoms with van der Waals surface area (Å²) in [6.45, 7) is 7.52. The predicted molar refractivity (Wildman–Crippen MR) is 102 cm³/mol. The lowest BCUT2D eigenvalue weighted by Crippen LogP contribution is -2.50. The monoisotopic (exact) mass is 364 g/mol. The molecule has 4 rings (SSSR count). The molecule has 0 amide bonds. The maximum absolute atomic E-state index is 13.3. The summed E-state index contributed by atoms with van der Waals surface area (Å²) in [7, 11) is 0. The third-order valence-corrected chi connectivity index (χ3v) is 7.15. The molecule has 0 saturated carbocycles. The van der Waals surface area contributed by atoms with Crippen molar-refractivity contribution in [1.29, 1.82) is 0 Å². The molecule has 0 aromatic heterocycles. The van der Waals surface area contributed by atoms with Gasteiger partial charge >= 0.3 is 0 Å². The summed E-state index contributed by atoms with van der Waals surface area (Å²) < 4.78 is 19.1. The van der Waals surface area contributed by atoms with E-state index in [2.05, 4.69) is 21.6 Å². The van der Waals surface area contributed by atoms with E-state index in [0.717, 1.165) is 32.2 Å². The van der Waals surface area contributed by atoms with Gasteiger partial charge in [-0.25, -0.2) is 4.39 Å². The second kappa shape index (κ2) is 7.95. The molecule has 0 aliphatic carbocycles. The highest BCUT2D eigenvalue weighted by Gasteiger charge is 2.39. The number of rotatable bonds is 4. The highest BCUT2D eigenvalue weighted by Crippen LogP contribution is 2.35. The number of piperidine rings is 1. The number of ether oxygens (including phenoxy) is 1. The largest absolute Gasteiger partial charge is 0.380 e. The van der Waals surface area contributed by atoms with Crippen molar-refractivity contribution in [3.8, 4) is 0 Å². The van der Waals surface area contributed by atoms with Crippen LogP contribution in [0.4, 0.5) is 4.39 Å². The first kappa shape index (κ1) is 17.8. The Hall–Kier alpha value is -0.620. The van der Waals surface area contributed by atoms with Crippen molar-refractivity contribution in [1.82, 2.24) is 9.80 Å². The van der Waals surface area contributed by atoms with Crippen molar-refractivity contribution in [2.24, 2.45) is 0 Å². The van der Waals surface area contributed by atoms with Gasteiger partial charge in [0, 0.05) is 49.2 Å². The van der Waals surface area contributed by atoms with E-state index in [0.29, 0.717) is 0 Å². The van der Waals surface area contributed by atoms with Gasteiger partial charge < -0.3 is 9.64 Å². The third kappa shape index (κ3) is 4.05. The fourth-order valence-electron chi connectivity index (χ4n) is 4.67. The molecule has 0 unspecified atom stereocenters. The van der Waals surface area contributed by atoms with Crippen LogP contribution in [0.3, 0.4) is 0 Å². The minimum atomic E-state index is -0.154. The van der Waals surface area contributed by atoms with Gasteiger partial charge in [0.2, 0.25) is 0 Å². The van der Waals surface area contributed by atoms with E-state index in [1.54, 1.807) is 12.1 Å². The normalized spacial score (nSPS) is 30.0. The molecule has 5 heteroatoms. The van der Waals surface area contributed by atoms with Crippen molar-refractivity contribution in [3.63, 3.8) is 0 Å². The summed E-state index contributed by atoms with van der Waals surface area (Å²) >= 11 is 2.09. The summed E-state index contributed by atoms with van der Waals surface area (Å²) in [6.07, 6.45) is 3.61. The Morgan fingerprint density at radius 2 is 1.80 bits per heavy atom. The van der Waals surface area contributed by atoms with Crippen LogP contribution in [0.25, 0.3) is 0 Å². The van der Waals surface area contributed by atoms with Gasteiger partial charge in [0.05, 0.1) is 6.61 Å². The molecule has 138 valence electrons. The summed E-state index contributed by atoms with van der Waals surface area (Å²) in [5.74, 6) is 2.44. The van der Waals surface area contributed by atoms with Crippen molar-refractivity contribution >= 4 is 11.8 Å². The first-order valence-corrected chi connectivity index (χ1v) is 10.8. The van der Waals surface area contributed by atoms with Gasteiger partial charge in [0.1, 0.15) is 5.82 Å². The Labute approximate surface area is 154 Å². The van der Waals surface area contributed by atoms with Crippen LogP contribution in [-0.2, 0) is 10.2 Å². The number of nitrogens with zero attached hydrogens (tertiary/aromatic N) is 2. The molecule has 1 aromatic carbocycles. The Morgan fingerprint density at radius 3 is 2.44 bits per heavy atom. The Morgan fingerprint density at radius 1 is 1.08 bits per heavy atom. The number of hydrogen-bond acceptors (Lipinski definition) is 4. The maximum Gasteiger partial charge on any atom is 0.123 e. The Balaban J connectivity index is 1.38. The smallest absolute Gasteiger partial charge is 0.123 e. The number of hydrogen-bond donors (Lipinski definition) is 0. The Bertz CT molecular complexity index is 547. The number of likely N-dealkylation sites (tertiary alicyclic amines) is 1. The minimum Gasteiger partial charge on any atom is -0.380 e. The van der Waals surface area contributed by atoms with Crippen LogP contribution in [0.15, 0.2) is 24.3 Å². The van der Waals surface area contributed by atoms with Gasteiger partial charge in [-0.3, -0.25) is 4.90 Å². The topological polar surface area (TPSA) is 15.7 Å². The fraction of sp³-hybridized carbons (Fsp3) is 0.700. The second-order valence-corrected chi connectivity index (χ2v) is 8.97. The number of thioether (sulfide) groups is 1. The van der Waals surface area contributed by atoms with Crippen LogP contribution < -0.4 is 0 Å². The number of benzene rings is 1. The molecule has 0 N–H and O–H groups in total. The van der Waals surface area contributed by atoms with Gasteiger partial charge in [-0.2, -0.15) is 11.8 Å². The van der Waals surface area contributed by atoms with Gasteiger partial charge in [0.25, 0.3) is 0 Å². The first-order chi connectivity index (χ1) is 12.3. The van der Waals surface area contributed by atoms with E-state index in [-0.39, 0.29) is 11.2 Å². The van der Waals surface area contributed by atoms with E-state index in [1.165, 1.54) is 56.1 Å². The first-order valence-electron chi connectivity index (χ1n) is 9.63. The summed E-state index contributed by atoms with van der Waals surface area (Å²) in [5, 5.41) is 0. The average Bonchev–Trinajstić information content (AvgIpc) is 3.13. The van der Waals surface area contributed by atoms with Crippen molar-refractivity contribution < 1.29 is 9.13 Å². The maximum atomic E-state index is 13.3. The molecule has 3 heterocycles. The fourth-order valence-corrected chi connectivity index (χ4v) is 5.60. The molecular formula is C20H29FN2OS. The zero-order valence-electron chi connectivity index (χ0n) is 15.0. The zero-order valence-corrected chi connectivity index (χ0v) is 15.8. The standard InChI is InChI=1S/C20H29FN2OS/c21-18-3-1-17(2-4-18)20(7-12-24-16-20)15-22-8-5-19(6-9-22)23-10-13-25-14-11-23/h1-4,19H,5-16H2/t20-/m0/s1. The molecule has 0 bridgehead atoms. The second-order valence-electron chi connectivity index (χ2n) is 7.75. The van der Waals surface area contributed by atoms with Gasteiger partial charge in [-0.15, -0.1) is 0 Å². The molecule has 1 atom stereocenters. The van der Waals surface area contributed by atoms with E-state index in [4.69, 9.17) is 4.74 Å². The van der Waals surface area contributed by atoms with Gasteiger partial charge in [0.15, 0.2) is 0 Å². The molecule has 25 heavy (non-hydrogen) atoms. The highest BCUT2D eigenvalue weighted by molar-refractivity contribution is 7.99. The molecule has 3 aliphatic rings. The SMILES string of the molecule is Fc1ccc([C@]2(CN3CCC(N4CCSCC4)CC3)CCOC2)cc1. The predicted octanol–water partition coefficient (Wildman–Crippen LogP) is 3.00. The average molecular weight is 365 g/mol. The molecule has 3 nitrogen and oxygen atoms in total. The van der Waals surface area contributed by atoms with Crippen molar-refractivity contribution in [2.45, 2.75) is 30.7 Å². The highest BCUT2D eigenvalue weighted by atomic mass is 32.2. The van der Waals surface area contributed by atoms with Gasteiger partial charge in [-0.1, -0.05) is 12.1 Å². The lowest BCUT2D eigenvalue weighted by molar-refractivity contribution is 0.0927. The Kier molecular flexibility index (Phi) is 5.65. The summed E-state index contributed by atoms with van der Waals surface area (Å²) in [4.78, 5) is 5.33. The quantitative estimate of drug-likeness (QED) is 0.816. The van der Waals surface area contributed by atoms with Crippen LogP contribution in [0.1, 0.15) is 24.8 Å². The lowest BCUT2D eigenvalue weighted by atomic mass is 9.79. The van der Waals surface area contributed by atoms with E-state index >= 15 is 0 Å². The van der Waals surface area contributed by atoms with E-state index in [1.807, 2.05) is 12.1 Å². The molecule has 0 spiro atoms.